The molecule has 0 aromatic rings. The Morgan fingerprint density at radius 2 is 0.968 bits per heavy atom. The zero-order valence-electron chi connectivity index (χ0n) is 21.7. The van der Waals surface area contributed by atoms with Gasteiger partial charge in [0.2, 0.25) is 0 Å². The van der Waals surface area contributed by atoms with Gasteiger partial charge in [-0.25, -0.2) is 4.57 Å². The van der Waals surface area contributed by atoms with Crippen LogP contribution in [0.5, 0.6) is 0 Å². The Morgan fingerprint density at radius 3 is 1.35 bits per heavy atom. The number of likely N-dealkylation sites (N-methyl/N-ethyl adjacent to an activating group) is 1. The first-order valence-electron chi connectivity index (χ1n) is 13.3. The van der Waals surface area contributed by atoms with E-state index in [1.165, 1.54) is 84.2 Å². The van der Waals surface area contributed by atoms with Crippen LogP contribution in [0.2, 0.25) is 0 Å². The van der Waals surface area contributed by atoms with Gasteiger partial charge in [-0.1, -0.05) is 90.4 Å². The summed E-state index contributed by atoms with van der Waals surface area (Å²) in [7, 11) is -2.00. The fourth-order valence-electron chi connectivity index (χ4n) is 4.11. The van der Waals surface area contributed by atoms with E-state index < -0.39 is 7.82 Å². The molecule has 0 N–H and O–H groups in total. The molecule has 0 bridgehead atoms. The molecular weight excluding hydrogens is 409 g/mol. The van der Waals surface area contributed by atoms with Gasteiger partial charge < -0.3 is 4.48 Å². The molecule has 0 aromatic carbocycles. The molecule has 0 aromatic heterocycles. The first-order valence-corrected chi connectivity index (χ1v) is 14.8. The van der Waals surface area contributed by atoms with Crippen molar-refractivity contribution in [1.82, 2.24) is 0 Å². The van der Waals surface area contributed by atoms with Crippen LogP contribution in [-0.2, 0) is 18.1 Å². The molecule has 31 heavy (non-hydrogen) atoms. The van der Waals surface area contributed by atoms with Gasteiger partial charge in [0.15, 0.2) is 0 Å². The normalized spacial score (nSPS) is 14.1. The zero-order valence-corrected chi connectivity index (χ0v) is 22.6. The molecule has 5 nitrogen and oxygen atoms in total. The molecule has 0 saturated heterocycles. The molecule has 0 spiro atoms. The van der Waals surface area contributed by atoms with Gasteiger partial charge in [-0.2, -0.15) is 0 Å². The minimum absolute atomic E-state index is 0.402. The van der Waals surface area contributed by atoms with Crippen molar-refractivity contribution >= 4 is 7.82 Å². The highest BCUT2D eigenvalue weighted by molar-refractivity contribution is 7.48. The van der Waals surface area contributed by atoms with Crippen LogP contribution in [0.25, 0.3) is 0 Å². The molecule has 0 aliphatic rings. The lowest BCUT2D eigenvalue weighted by molar-refractivity contribution is -0.923. The van der Waals surface area contributed by atoms with E-state index in [0.717, 1.165) is 43.5 Å². The van der Waals surface area contributed by atoms with Crippen LogP contribution in [0.4, 0.5) is 0 Å². The van der Waals surface area contributed by atoms with Crippen LogP contribution in [0.15, 0.2) is 0 Å². The average molecular weight is 465 g/mol. The number of quaternary nitrogens is 1. The van der Waals surface area contributed by atoms with Crippen LogP contribution in [0, 0.1) is 0 Å². The fourth-order valence-corrected chi connectivity index (χ4v) is 5.05. The largest absolute Gasteiger partial charge is 0.474 e. The van der Waals surface area contributed by atoms with E-state index in [-0.39, 0.29) is 0 Å². The Labute approximate surface area is 194 Å². The molecule has 0 aliphatic heterocycles. The second kappa shape index (κ2) is 20.7. The van der Waals surface area contributed by atoms with Crippen molar-refractivity contribution in [1.29, 1.82) is 0 Å². The SMILES string of the molecule is CCCCCCCCCCCCCCCCOP(=O)(OC)OCC[N+](CC)(CC)CC. The highest BCUT2D eigenvalue weighted by Crippen LogP contribution is 2.48. The van der Waals surface area contributed by atoms with Crippen LogP contribution >= 0.6 is 7.82 Å². The first kappa shape index (κ1) is 31.1. The number of nitrogens with zero attached hydrogens (tertiary/aromatic N) is 1. The predicted molar refractivity (Wildman–Crippen MR) is 134 cm³/mol. The number of phosphoric acid groups is 1. The third-order valence-electron chi connectivity index (χ3n) is 6.80. The standard InChI is InChI=1S/C25H55NO4P/c1-6-10-11-12-13-14-15-16-17-18-19-20-21-22-24-29-31(27,28-5)30-25-23-26(7-2,8-3)9-4/h6-25H2,1-5H3/q+1. The lowest BCUT2D eigenvalue weighted by atomic mass is 10.0. The Bertz CT molecular complexity index is 421. The van der Waals surface area contributed by atoms with Gasteiger partial charge in [0, 0.05) is 7.11 Å². The highest BCUT2D eigenvalue weighted by Gasteiger charge is 2.27. The van der Waals surface area contributed by atoms with Crippen LogP contribution in [-0.4, -0.2) is 51.0 Å². The van der Waals surface area contributed by atoms with Gasteiger partial charge in [-0.15, -0.1) is 0 Å². The summed E-state index contributed by atoms with van der Waals surface area (Å²) in [5.74, 6) is 0. The summed E-state index contributed by atoms with van der Waals surface area (Å²) in [5, 5.41) is 0. The van der Waals surface area contributed by atoms with Crippen LogP contribution < -0.4 is 0 Å². The summed E-state index contributed by atoms with van der Waals surface area (Å²) in [4.78, 5) is 0. The number of phosphoric ester groups is 1. The number of unbranched alkanes of at least 4 members (excludes halogenated alkanes) is 13. The maximum absolute atomic E-state index is 12.6. The fraction of sp³-hybridized carbons (Fsp3) is 1.00. The Morgan fingerprint density at radius 1 is 0.581 bits per heavy atom. The lowest BCUT2D eigenvalue weighted by Crippen LogP contribution is -2.49. The predicted octanol–water partition coefficient (Wildman–Crippen LogP) is 8.13. The van der Waals surface area contributed by atoms with E-state index in [1.807, 2.05) is 0 Å². The molecule has 1 atom stereocenters. The molecule has 0 heterocycles. The summed E-state index contributed by atoms with van der Waals surface area (Å²) in [5.41, 5.74) is 0. The van der Waals surface area contributed by atoms with Gasteiger partial charge in [0.1, 0.15) is 13.2 Å². The summed E-state index contributed by atoms with van der Waals surface area (Å²) >= 11 is 0. The first-order chi connectivity index (χ1) is 15.0. The molecule has 6 heteroatoms. The van der Waals surface area contributed by atoms with E-state index in [4.69, 9.17) is 13.6 Å². The van der Waals surface area contributed by atoms with Crippen molar-refractivity contribution in [2.45, 2.75) is 118 Å². The van der Waals surface area contributed by atoms with Gasteiger partial charge in [0.05, 0.1) is 26.2 Å². The molecule has 1 unspecified atom stereocenters. The monoisotopic (exact) mass is 464 g/mol. The highest BCUT2D eigenvalue weighted by atomic mass is 31.2. The Hall–Kier alpha value is 0.0700. The van der Waals surface area contributed by atoms with Crippen molar-refractivity contribution in [3.8, 4) is 0 Å². The van der Waals surface area contributed by atoms with Gasteiger partial charge in [0.25, 0.3) is 0 Å². The molecule has 0 amide bonds. The number of rotatable bonds is 24. The third-order valence-corrected chi connectivity index (χ3v) is 8.24. The minimum atomic E-state index is -3.41. The van der Waals surface area contributed by atoms with Crippen molar-refractivity contribution in [3.05, 3.63) is 0 Å². The van der Waals surface area contributed by atoms with E-state index in [0.29, 0.717) is 13.2 Å². The summed E-state index contributed by atoms with van der Waals surface area (Å²) < 4.78 is 29.7. The van der Waals surface area contributed by atoms with E-state index >= 15 is 0 Å². The molecular formula is C25H55NO4P+. The Balaban J connectivity index is 3.65. The second-order valence-corrected chi connectivity index (χ2v) is 10.7. The van der Waals surface area contributed by atoms with E-state index in [2.05, 4.69) is 27.7 Å². The van der Waals surface area contributed by atoms with Crippen LogP contribution in [0.3, 0.4) is 0 Å². The smallest absolute Gasteiger partial charge is 0.322 e. The molecule has 0 rings (SSSR count). The summed E-state index contributed by atoms with van der Waals surface area (Å²) in [6, 6.07) is 0. The molecule has 188 valence electrons. The molecule has 0 fully saturated rings. The van der Waals surface area contributed by atoms with Gasteiger partial charge in [-0.3, -0.25) is 13.6 Å². The third kappa shape index (κ3) is 16.3. The van der Waals surface area contributed by atoms with Crippen molar-refractivity contribution in [2.24, 2.45) is 0 Å². The average Bonchev–Trinajstić information content (AvgIpc) is 2.79. The quantitative estimate of drug-likeness (QED) is 0.0821. The maximum atomic E-state index is 12.6. The second-order valence-electron chi connectivity index (χ2n) is 8.91. The maximum Gasteiger partial charge on any atom is 0.474 e. The lowest BCUT2D eigenvalue weighted by Gasteiger charge is -2.35. The van der Waals surface area contributed by atoms with Crippen LogP contribution in [0.1, 0.15) is 118 Å². The topological polar surface area (TPSA) is 44.8 Å². The number of hydrogen-bond acceptors (Lipinski definition) is 4. The summed E-state index contributed by atoms with van der Waals surface area (Å²) in [6.45, 7) is 13.7. The molecule has 0 saturated carbocycles. The van der Waals surface area contributed by atoms with Gasteiger partial charge in [-0.05, 0) is 27.2 Å². The zero-order chi connectivity index (χ0) is 23.3. The number of hydrogen-bond donors (Lipinski definition) is 0. The van der Waals surface area contributed by atoms with E-state index in [9.17, 15) is 4.57 Å². The molecule has 0 radical (unpaired) electrons. The summed E-state index contributed by atoms with van der Waals surface area (Å²) in [6.07, 6.45) is 18.5. The van der Waals surface area contributed by atoms with Crippen molar-refractivity contribution < 1.29 is 22.6 Å². The molecule has 0 aliphatic carbocycles. The van der Waals surface area contributed by atoms with E-state index in [1.54, 1.807) is 0 Å². The Kier molecular flexibility index (Phi) is 20.7. The van der Waals surface area contributed by atoms with Gasteiger partial charge >= 0.3 is 7.82 Å². The minimum Gasteiger partial charge on any atom is -0.322 e. The van der Waals surface area contributed by atoms with Crippen molar-refractivity contribution in [3.63, 3.8) is 0 Å². The van der Waals surface area contributed by atoms with Crippen molar-refractivity contribution in [2.75, 3.05) is 46.5 Å².